The van der Waals surface area contributed by atoms with Crippen LogP contribution in [0.25, 0.3) is 0 Å². The Labute approximate surface area is 136 Å². The lowest BCUT2D eigenvalue weighted by atomic mass is 9.91. The highest BCUT2D eigenvalue weighted by Gasteiger charge is 2.42. The maximum absolute atomic E-state index is 12.4. The van der Waals surface area contributed by atoms with Gasteiger partial charge < -0.3 is 14.5 Å². The van der Waals surface area contributed by atoms with Crippen LogP contribution in [0.5, 0.6) is 0 Å². The molecular weight excluding hydrogens is 292 g/mol. The average molecular weight is 314 g/mol. The first-order valence-corrected chi connectivity index (χ1v) is 8.00. The van der Waals surface area contributed by atoms with E-state index in [2.05, 4.69) is 16.0 Å². The molecule has 3 saturated heterocycles. The maximum atomic E-state index is 12.4. The minimum absolute atomic E-state index is 0.160. The molecule has 122 valence electrons. The van der Waals surface area contributed by atoms with Crippen molar-refractivity contribution in [1.29, 1.82) is 5.26 Å². The highest BCUT2D eigenvalue weighted by Crippen LogP contribution is 2.32. The summed E-state index contributed by atoms with van der Waals surface area (Å²) in [5.74, 6) is 0.877. The Kier molecular flexibility index (Phi) is 3.88. The summed E-state index contributed by atoms with van der Waals surface area (Å²) >= 11 is 0. The zero-order valence-corrected chi connectivity index (χ0v) is 13.8. The Morgan fingerprint density at radius 1 is 1.30 bits per heavy atom. The van der Waals surface area contributed by atoms with Gasteiger partial charge in [0.25, 0.3) is 0 Å². The van der Waals surface area contributed by atoms with Gasteiger partial charge in [-0.25, -0.2) is 9.78 Å². The first-order chi connectivity index (χ1) is 10.9. The third kappa shape index (κ3) is 3.24. The van der Waals surface area contributed by atoms with Crippen LogP contribution in [0.1, 0.15) is 39.2 Å². The van der Waals surface area contributed by atoms with E-state index in [1.165, 1.54) is 0 Å². The maximum Gasteiger partial charge on any atom is 0.410 e. The molecule has 2 atom stereocenters. The molecule has 2 unspecified atom stereocenters. The molecule has 0 radical (unpaired) electrons. The van der Waals surface area contributed by atoms with Crippen LogP contribution in [-0.2, 0) is 4.74 Å². The van der Waals surface area contributed by atoms with Crippen molar-refractivity contribution in [3.05, 3.63) is 23.9 Å². The Morgan fingerprint density at radius 2 is 2.04 bits per heavy atom. The number of carbonyl (C=O) groups excluding carboxylic acids is 1. The van der Waals surface area contributed by atoms with E-state index in [0.29, 0.717) is 12.1 Å². The predicted octanol–water partition coefficient (Wildman–Crippen LogP) is 2.54. The van der Waals surface area contributed by atoms with E-state index in [0.717, 1.165) is 25.2 Å². The molecule has 4 heterocycles. The van der Waals surface area contributed by atoms with E-state index in [1.807, 2.05) is 31.7 Å². The number of aromatic nitrogens is 1. The summed E-state index contributed by atoms with van der Waals surface area (Å²) in [5.41, 5.74) is 0.0913. The number of piperazine rings is 1. The van der Waals surface area contributed by atoms with Gasteiger partial charge in [0.05, 0.1) is 11.6 Å². The largest absolute Gasteiger partial charge is 0.444 e. The lowest BCUT2D eigenvalue weighted by molar-refractivity contribution is 0.000787. The fourth-order valence-electron chi connectivity index (χ4n) is 3.28. The molecular formula is C17H22N4O2. The van der Waals surface area contributed by atoms with Crippen LogP contribution in [0.2, 0.25) is 0 Å². The minimum Gasteiger partial charge on any atom is -0.444 e. The second-order valence-electron chi connectivity index (χ2n) is 7.19. The summed E-state index contributed by atoms with van der Waals surface area (Å²) < 4.78 is 5.52. The highest BCUT2D eigenvalue weighted by molar-refractivity contribution is 5.69. The second kappa shape index (κ2) is 5.73. The predicted molar refractivity (Wildman–Crippen MR) is 86.0 cm³/mol. The highest BCUT2D eigenvalue weighted by atomic mass is 16.6. The molecule has 4 rings (SSSR count). The Bertz CT molecular complexity index is 629. The third-order valence-corrected chi connectivity index (χ3v) is 4.33. The van der Waals surface area contributed by atoms with Crippen molar-refractivity contribution in [3.8, 4) is 6.07 Å². The zero-order chi connectivity index (χ0) is 16.6. The fraction of sp³-hybridized carbons (Fsp3) is 0.588. The first kappa shape index (κ1) is 15.6. The van der Waals surface area contributed by atoms with Crippen molar-refractivity contribution < 1.29 is 9.53 Å². The van der Waals surface area contributed by atoms with Gasteiger partial charge in [0, 0.05) is 25.3 Å². The van der Waals surface area contributed by atoms with Crippen molar-refractivity contribution >= 4 is 11.9 Å². The van der Waals surface area contributed by atoms with E-state index in [4.69, 9.17) is 10.00 Å². The summed E-state index contributed by atoms with van der Waals surface area (Å²) in [5, 5.41) is 8.87. The van der Waals surface area contributed by atoms with E-state index in [-0.39, 0.29) is 18.2 Å². The molecule has 0 aliphatic carbocycles. The quantitative estimate of drug-likeness (QED) is 0.796. The van der Waals surface area contributed by atoms with Crippen molar-refractivity contribution in [1.82, 2.24) is 9.88 Å². The number of ether oxygens (including phenoxy) is 1. The van der Waals surface area contributed by atoms with Gasteiger partial charge in [-0.05, 0) is 45.7 Å². The molecule has 1 amide bonds. The van der Waals surface area contributed by atoms with Crippen molar-refractivity contribution in [2.24, 2.45) is 0 Å². The number of amides is 1. The molecule has 23 heavy (non-hydrogen) atoms. The van der Waals surface area contributed by atoms with E-state index >= 15 is 0 Å². The number of nitriles is 1. The van der Waals surface area contributed by atoms with Crippen LogP contribution >= 0.6 is 0 Å². The number of hydrogen-bond acceptors (Lipinski definition) is 5. The number of piperidine rings is 2. The van der Waals surface area contributed by atoms with Gasteiger partial charge in [-0.1, -0.05) is 0 Å². The summed E-state index contributed by atoms with van der Waals surface area (Å²) in [6.07, 6.45) is 3.42. The average Bonchev–Trinajstić information content (AvgIpc) is 2.53. The summed E-state index contributed by atoms with van der Waals surface area (Å²) in [4.78, 5) is 20.9. The van der Waals surface area contributed by atoms with Gasteiger partial charge in [0.1, 0.15) is 17.5 Å². The van der Waals surface area contributed by atoms with Crippen LogP contribution in [0, 0.1) is 11.3 Å². The number of anilines is 1. The molecule has 1 aromatic rings. The topological polar surface area (TPSA) is 69.5 Å². The number of fused-ring (bicyclic) bond motifs is 3. The normalized spacial score (nSPS) is 23.6. The standard InChI is InChI=1S/C17H22N4O2/c1-17(2,3)23-16(22)21-11-13-5-6-14(21)10-20(13)15-7-4-12(8-18)9-19-15/h4,7,9,13-14H,5-6,10-11H2,1-3H3. The van der Waals surface area contributed by atoms with Crippen molar-refractivity contribution in [2.45, 2.75) is 51.3 Å². The molecule has 3 fully saturated rings. The Hall–Kier alpha value is -2.29. The summed E-state index contributed by atoms with van der Waals surface area (Å²) in [6.45, 7) is 7.10. The molecule has 3 aliphatic heterocycles. The molecule has 0 N–H and O–H groups in total. The molecule has 0 aromatic carbocycles. The monoisotopic (exact) mass is 314 g/mol. The number of carbonyl (C=O) groups is 1. The van der Waals surface area contributed by atoms with Crippen LogP contribution in [0.15, 0.2) is 18.3 Å². The van der Waals surface area contributed by atoms with Crippen LogP contribution in [0.4, 0.5) is 10.6 Å². The number of nitrogens with zero attached hydrogens (tertiary/aromatic N) is 4. The van der Waals surface area contributed by atoms with Crippen LogP contribution in [0.3, 0.4) is 0 Å². The molecule has 1 aromatic heterocycles. The van der Waals surface area contributed by atoms with Gasteiger partial charge in [0.15, 0.2) is 0 Å². The number of hydrogen-bond donors (Lipinski definition) is 0. The molecule has 3 aliphatic rings. The second-order valence-corrected chi connectivity index (χ2v) is 7.19. The molecule has 6 nitrogen and oxygen atoms in total. The first-order valence-electron chi connectivity index (χ1n) is 8.00. The minimum atomic E-state index is -0.470. The smallest absolute Gasteiger partial charge is 0.410 e. The number of pyridine rings is 1. The van der Waals surface area contributed by atoms with Gasteiger partial charge in [-0.15, -0.1) is 0 Å². The Balaban J connectivity index is 1.71. The molecule has 6 heteroatoms. The van der Waals surface area contributed by atoms with Gasteiger partial charge in [-0.2, -0.15) is 5.26 Å². The summed E-state index contributed by atoms with van der Waals surface area (Å²) in [7, 11) is 0. The van der Waals surface area contributed by atoms with E-state index in [1.54, 1.807) is 12.3 Å². The molecule has 0 spiro atoms. The molecule has 0 saturated carbocycles. The zero-order valence-electron chi connectivity index (χ0n) is 13.8. The third-order valence-electron chi connectivity index (χ3n) is 4.33. The van der Waals surface area contributed by atoms with Gasteiger partial charge in [-0.3, -0.25) is 0 Å². The molecule has 2 bridgehead atoms. The lowest BCUT2D eigenvalue weighted by Crippen LogP contribution is -2.64. The van der Waals surface area contributed by atoms with Gasteiger partial charge >= 0.3 is 6.09 Å². The number of rotatable bonds is 1. The van der Waals surface area contributed by atoms with E-state index in [9.17, 15) is 4.79 Å². The van der Waals surface area contributed by atoms with Crippen molar-refractivity contribution in [2.75, 3.05) is 18.0 Å². The van der Waals surface area contributed by atoms with E-state index < -0.39 is 5.60 Å². The van der Waals surface area contributed by atoms with Crippen LogP contribution in [-0.4, -0.2) is 46.8 Å². The Morgan fingerprint density at radius 3 is 2.57 bits per heavy atom. The van der Waals surface area contributed by atoms with Crippen LogP contribution < -0.4 is 4.90 Å². The lowest BCUT2D eigenvalue weighted by Gasteiger charge is -2.51. The fourth-order valence-corrected chi connectivity index (χ4v) is 3.28. The van der Waals surface area contributed by atoms with Gasteiger partial charge in [0.2, 0.25) is 0 Å². The van der Waals surface area contributed by atoms with Crippen molar-refractivity contribution in [3.63, 3.8) is 0 Å². The summed E-state index contributed by atoms with van der Waals surface area (Å²) in [6, 6.07) is 6.18. The SMILES string of the molecule is CC(C)(C)OC(=O)N1CC2CCC1CN2c1ccc(C#N)cn1.